The summed E-state index contributed by atoms with van der Waals surface area (Å²) < 4.78 is 18.3. The standard InChI is InChI=1S/C40H71NO4/c1-3-5-7-9-11-13-15-17-19-24-32-43-36-39(45-40(42)30-23-18-16-14-12-10-8-6-4-2)34-41(38-28-25-29-38)31-33-44-35-37-26-21-20-22-27-37/h20-22,26-27,38-39H,3-19,23-25,28-36H2,1-2H3. The maximum absolute atomic E-state index is 12.9. The van der Waals surface area contributed by atoms with Crippen LogP contribution in [0, 0.1) is 0 Å². The van der Waals surface area contributed by atoms with Crippen molar-refractivity contribution >= 4 is 5.97 Å². The SMILES string of the molecule is CCCCCCCCCCCCOCC(CN(CCOCc1ccccc1)C1CCC1)OC(=O)CCCCCCCCCCC. The van der Waals surface area contributed by atoms with Gasteiger partial charge < -0.3 is 14.2 Å². The fraction of sp³-hybridized carbons (Fsp3) is 0.825. The van der Waals surface area contributed by atoms with E-state index in [2.05, 4.69) is 43.0 Å². The minimum absolute atomic E-state index is 0.0561. The molecule has 1 fully saturated rings. The molecule has 0 heterocycles. The van der Waals surface area contributed by atoms with Crippen molar-refractivity contribution in [2.75, 3.05) is 32.9 Å². The normalized spacial score (nSPS) is 14.1. The number of carbonyl (C=O) groups is 1. The molecule has 1 atom stereocenters. The van der Waals surface area contributed by atoms with Gasteiger partial charge in [0.2, 0.25) is 0 Å². The fourth-order valence-corrected chi connectivity index (χ4v) is 6.24. The van der Waals surface area contributed by atoms with Crippen molar-refractivity contribution in [2.24, 2.45) is 0 Å². The average Bonchev–Trinajstić information content (AvgIpc) is 3.02. The van der Waals surface area contributed by atoms with Gasteiger partial charge in [0.25, 0.3) is 0 Å². The summed E-state index contributed by atoms with van der Waals surface area (Å²) in [6, 6.07) is 10.9. The maximum atomic E-state index is 12.9. The fourth-order valence-electron chi connectivity index (χ4n) is 6.24. The van der Waals surface area contributed by atoms with Crippen molar-refractivity contribution in [3.05, 3.63) is 35.9 Å². The van der Waals surface area contributed by atoms with Gasteiger partial charge in [-0.1, -0.05) is 160 Å². The van der Waals surface area contributed by atoms with E-state index in [-0.39, 0.29) is 12.1 Å². The van der Waals surface area contributed by atoms with Gasteiger partial charge in [0.15, 0.2) is 0 Å². The van der Waals surface area contributed by atoms with Gasteiger partial charge >= 0.3 is 5.97 Å². The largest absolute Gasteiger partial charge is 0.459 e. The molecule has 45 heavy (non-hydrogen) atoms. The summed E-state index contributed by atoms with van der Waals surface area (Å²) in [5.41, 5.74) is 1.20. The number of hydrogen-bond acceptors (Lipinski definition) is 5. The van der Waals surface area contributed by atoms with Crippen LogP contribution in [0.3, 0.4) is 0 Å². The lowest BCUT2D eigenvalue weighted by atomic mass is 9.91. The third-order valence-corrected chi connectivity index (χ3v) is 9.39. The van der Waals surface area contributed by atoms with Gasteiger partial charge in [-0.25, -0.2) is 0 Å². The average molecular weight is 630 g/mol. The highest BCUT2D eigenvalue weighted by atomic mass is 16.6. The number of esters is 1. The zero-order valence-electron chi connectivity index (χ0n) is 29.6. The first kappa shape index (κ1) is 39.7. The van der Waals surface area contributed by atoms with Gasteiger partial charge in [0.1, 0.15) is 6.10 Å². The Labute approximate surface area is 278 Å². The predicted octanol–water partition coefficient (Wildman–Crippen LogP) is 10.8. The lowest BCUT2D eigenvalue weighted by Crippen LogP contribution is -2.47. The van der Waals surface area contributed by atoms with Crippen LogP contribution >= 0.6 is 0 Å². The summed E-state index contributed by atoms with van der Waals surface area (Å²) in [6.45, 7) is 8.72. The first-order chi connectivity index (χ1) is 22.2. The van der Waals surface area contributed by atoms with E-state index < -0.39 is 0 Å². The Bertz CT molecular complexity index is 784. The lowest BCUT2D eigenvalue weighted by molar-refractivity contribution is -0.154. The third kappa shape index (κ3) is 21.9. The number of benzene rings is 1. The summed E-state index contributed by atoms with van der Waals surface area (Å²) in [5.74, 6) is -0.0561. The van der Waals surface area contributed by atoms with E-state index in [1.54, 1.807) is 0 Å². The number of unbranched alkanes of at least 4 members (excludes halogenated alkanes) is 17. The summed E-state index contributed by atoms with van der Waals surface area (Å²) in [5, 5.41) is 0. The van der Waals surface area contributed by atoms with Crippen molar-refractivity contribution < 1.29 is 19.0 Å². The summed E-state index contributed by atoms with van der Waals surface area (Å²) in [6.07, 6.45) is 28.5. The Kier molecular flexibility index (Phi) is 25.4. The number of carbonyl (C=O) groups excluding carboxylic acids is 1. The number of ether oxygens (including phenoxy) is 3. The summed E-state index contributed by atoms with van der Waals surface area (Å²) in [7, 11) is 0. The molecular weight excluding hydrogens is 558 g/mol. The highest BCUT2D eigenvalue weighted by Crippen LogP contribution is 2.25. The molecule has 1 aromatic carbocycles. The predicted molar refractivity (Wildman–Crippen MR) is 190 cm³/mol. The summed E-state index contributed by atoms with van der Waals surface area (Å²) >= 11 is 0. The monoisotopic (exact) mass is 630 g/mol. The van der Waals surface area contributed by atoms with Gasteiger partial charge in [-0.3, -0.25) is 9.69 Å². The molecule has 1 unspecified atom stereocenters. The Morgan fingerprint density at radius 2 is 1.27 bits per heavy atom. The molecule has 5 heteroatoms. The van der Waals surface area contributed by atoms with Gasteiger partial charge in [-0.15, -0.1) is 0 Å². The highest BCUT2D eigenvalue weighted by molar-refractivity contribution is 5.69. The van der Waals surface area contributed by atoms with Crippen molar-refractivity contribution in [1.29, 1.82) is 0 Å². The van der Waals surface area contributed by atoms with E-state index in [9.17, 15) is 4.79 Å². The minimum atomic E-state index is -0.214. The second-order valence-corrected chi connectivity index (χ2v) is 13.6. The molecule has 2 rings (SSSR count). The maximum Gasteiger partial charge on any atom is 0.306 e. The van der Waals surface area contributed by atoms with E-state index in [4.69, 9.17) is 14.2 Å². The molecule has 1 aliphatic carbocycles. The van der Waals surface area contributed by atoms with E-state index in [0.717, 1.165) is 39.0 Å². The van der Waals surface area contributed by atoms with Crippen LogP contribution in [-0.4, -0.2) is 55.9 Å². The molecule has 5 nitrogen and oxygen atoms in total. The Hall–Kier alpha value is -1.43. The van der Waals surface area contributed by atoms with Crippen LogP contribution in [0.25, 0.3) is 0 Å². The van der Waals surface area contributed by atoms with E-state index >= 15 is 0 Å². The molecule has 0 radical (unpaired) electrons. The first-order valence-electron chi connectivity index (χ1n) is 19.4. The van der Waals surface area contributed by atoms with Crippen LogP contribution in [-0.2, 0) is 25.6 Å². The third-order valence-electron chi connectivity index (χ3n) is 9.39. The molecule has 0 bridgehead atoms. The second kappa shape index (κ2) is 28.8. The smallest absolute Gasteiger partial charge is 0.306 e. The highest BCUT2D eigenvalue weighted by Gasteiger charge is 2.28. The Morgan fingerprint density at radius 1 is 0.711 bits per heavy atom. The van der Waals surface area contributed by atoms with Crippen molar-refractivity contribution in [3.63, 3.8) is 0 Å². The van der Waals surface area contributed by atoms with E-state index in [1.807, 2.05) is 6.07 Å². The topological polar surface area (TPSA) is 48.0 Å². The van der Waals surface area contributed by atoms with Crippen LogP contribution in [0.4, 0.5) is 0 Å². The molecule has 260 valence electrons. The van der Waals surface area contributed by atoms with Crippen LogP contribution in [0.1, 0.15) is 167 Å². The quantitative estimate of drug-likeness (QED) is 0.0586. The molecule has 1 aliphatic rings. The van der Waals surface area contributed by atoms with Gasteiger partial charge in [0.05, 0.1) is 19.8 Å². The van der Waals surface area contributed by atoms with Crippen molar-refractivity contribution in [1.82, 2.24) is 4.90 Å². The molecular formula is C40H71NO4. The Morgan fingerprint density at radius 3 is 1.82 bits per heavy atom. The van der Waals surface area contributed by atoms with E-state index in [0.29, 0.717) is 32.3 Å². The molecule has 0 amide bonds. The molecule has 0 N–H and O–H groups in total. The zero-order chi connectivity index (χ0) is 32.0. The number of hydrogen-bond donors (Lipinski definition) is 0. The molecule has 0 aliphatic heterocycles. The van der Waals surface area contributed by atoms with Gasteiger partial charge in [0, 0.05) is 32.2 Å². The minimum Gasteiger partial charge on any atom is -0.459 e. The molecule has 1 aromatic rings. The van der Waals surface area contributed by atoms with Crippen LogP contribution < -0.4 is 0 Å². The van der Waals surface area contributed by atoms with Crippen LogP contribution in [0.2, 0.25) is 0 Å². The zero-order valence-corrected chi connectivity index (χ0v) is 29.6. The van der Waals surface area contributed by atoms with Crippen molar-refractivity contribution in [2.45, 2.75) is 180 Å². The van der Waals surface area contributed by atoms with Crippen LogP contribution in [0.5, 0.6) is 0 Å². The lowest BCUT2D eigenvalue weighted by Gasteiger charge is -2.39. The first-order valence-corrected chi connectivity index (χ1v) is 19.4. The van der Waals surface area contributed by atoms with Crippen molar-refractivity contribution in [3.8, 4) is 0 Å². The Balaban J connectivity index is 1.71. The van der Waals surface area contributed by atoms with Crippen LogP contribution in [0.15, 0.2) is 30.3 Å². The molecule has 1 saturated carbocycles. The molecule has 0 aromatic heterocycles. The number of rotatable bonds is 32. The van der Waals surface area contributed by atoms with E-state index in [1.165, 1.54) is 128 Å². The number of nitrogens with zero attached hydrogens (tertiary/aromatic N) is 1. The molecule has 0 saturated heterocycles. The molecule has 0 spiro atoms. The van der Waals surface area contributed by atoms with Gasteiger partial charge in [-0.2, -0.15) is 0 Å². The summed E-state index contributed by atoms with van der Waals surface area (Å²) in [4.78, 5) is 15.4. The second-order valence-electron chi connectivity index (χ2n) is 13.6. The van der Waals surface area contributed by atoms with Gasteiger partial charge in [-0.05, 0) is 31.2 Å².